The maximum Gasteiger partial charge on any atom is 0.119 e. The van der Waals surface area contributed by atoms with E-state index in [1.165, 1.54) is 22.6 Å². The summed E-state index contributed by atoms with van der Waals surface area (Å²) >= 11 is 0. The molecule has 0 spiro atoms. The van der Waals surface area contributed by atoms with Crippen LogP contribution in [0.4, 0.5) is 0 Å². The molecular formula is C24H34O2S2. The van der Waals surface area contributed by atoms with Crippen LogP contribution in [-0.4, -0.2) is 13.2 Å². The summed E-state index contributed by atoms with van der Waals surface area (Å²) in [6.07, 6.45) is 4.64. The molecule has 0 aromatic heterocycles. The predicted octanol–water partition coefficient (Wildman–Crippen LogP) is 8.12. The third-order valence-corrected chi connectivity index (χ3v) is 7.45. The molecule has 0 amide bonds. The summed E-state index contributed by atoms with van der Waals surface area (Å²) in [5.41, 5.74) is 0. The summed E-state index contributed by atoms with van der Waals surface area (Å²) in [5, 5.41) is 0. The van der Waals surface area contributed by atoms with Crippen molar-refractivity contribution in [3.05, 3.63) is 48.5 Å². The lowest BCUT2D eigenvalue weighted by Crippen LogP contribution is -2.03. The van der Waals surface area contributed by atoms with E-state index in [1.807, 2.05) is 0 Å². The van der Waals surface area contributed by atoms with E-state index in [2.05, 4.69) is 76.2 Å². The zero-order chi connectivity index (χ0) is 20.2. The molecule has 2 atom stereocenters. The third kappa shape index (κ3) is 8.83. The Morgan fingerprint density at radius 3 is 1.32 bits per heavy atom. The highest BCUT2D eigenvalue weighted by Gasteiger charge is 2.03. The fraction of sp³-hybridized carbons (Fsp3) is 0.500. The maximum absolute atomic E-state index is 5.83. The zero-order valence-electron chi connectivity index (χ0n) is 17.6. The molecule has 2 unspecified atom stereocenters. The van der Waals surface area contributed by atoms with Crippen LogP contribution < -0.4 is 9.47 Å². The summed E-state index contributed by atoms with van der Waals surface area (Å²) in [5.74, 6) is 3.36. The van der Waals surface area contributed by atoms with Gasteiger partial charge in [-0.15, -0.1) is 0 Å². The molecule has 2 aromatic rings. The van der Waals surface area contributed by atoms with E-state index in [-0.39, 0.29) is 0 Å². The first kappa shape index (κ1) is 23.0. The smallest absolute Gasteiger partial charge is 0.119 e. The molecule has 0 saturated carbocycles. The van der Waals surface area contributed by atoms with E-state index in [1.54, 1.807) is 21.6 Å². The first-order valence-electron chi connectivity index (χ1n) is 10.4. The Bertz CT molecular complexity index is 596. The number of benzene rings is 2. The van der Waals surface area contributed by atoms with Crippen LogP contribution in [0, 0.1) is 11.8 Å². The van der Waals surface area contributed by atoms with Crippen molar-refractivity contribution in [2.24, 2.45) is 11.8 Å². The molecule has 28 heavy (non-hydrogen) atoms. The average Bonchev–Trinajstić information content (AvgIpc) is 2.73. The summed E-state index contributed by atoms with van der Waals surface area (Å²) in [4.78, 5) is 2.46. The molecule has 4 heteroatoms. The topological polar surface area (TPSA) is 18.5 Å². The first-order chi connectivity index (χ1) is 13.6. The van der Waals surface area contributed by atoms with Crippen molar-refractivity contribution in [1.82, 2.24) is 0 Å². The molecule has 0 bridgehead atoms. The first-order valence-corrected chi connectivity index (χ1v) is 12.6. The van der Waals surface area contributed by atoms with Gasteiger partial charge >= 0.3 is 0 Å². The molecule has 2 aromatic carbocycles. The molecule has 2 nitrogen and oxygen atoms in total. The molecule has 2 rings (SSSR count). The van der Waals surface area contributed by atoms with Crippen LogP contribution in [0.2, 0.25) is 0 Å². The van der Waals surface area contributed by atoms with Gasteiger partial charge in [-0.2, -0.15) is 0 Å². The molecule has 0 heterocycles. The third-order valence-electron chi connectivity index (χ3n) is 5.03. The van der Waals surface area contributed by atoms with Gasteiger partial charge < -0.3 is 9.47 Å². The minimum atomic E-state index is 0.725. The molecule has 0 N–H and O–H groups in total. The van der Waals surface area contributed by atoms with Gasteiger partial charge in [0.25, 0.3) is 0 Å². The Morgan fingerprint density at radius 1 is 0.643 bits per heavy atom. The normalized spacial score (nSPS) is 13.1. The largest absolute Gasteiger partial charge is 0.494 e. The molecular weight excluding hydrogens is 384 g/mol. The Hall–Kier alpha value is -1.26. The van der Waals surface area contributed by atoms with Crippen molar-refractivity contribution >= 4 is 21.6 Å². The van der Waals surface area contributed by atoms with Crippen molar-refractivity contribution in [1.29, 1.82) is 0 Å². The van der Waals surface area contributed by atoms with E-state index in [0.29, 0.717) is 0 Å². The van der Waals surface area contributed by atoms with Gasteiger partial charge in [0.15, 0.2) is 0 Å². The number of hydrogen-bond donors (Lipinski definition) is 0. The number of rotatable bonds is 13. The van der Waals surface area contributed by atoms with E-state index >= 15 is 0 Å². The van der Waals surface area contributed by atoms with E-state index < -0.39 is 0 Å². The Morgan fingerprint density at radius 2 is 1.00 bits per heavy atom. The molecule has 0 aliphatic carbocycles. The monoisotopic (exact) mass is 418 g/mol. The predicted molar refractivity (Wildman–Crippen MR) is 124 cm³/mol. The lowest BCUT2D eigenvalue weighted by Gasteiger charge is -2.11. The molecule has 0 radical (unpaired) electrons. The summed E-state index contributed by atoms with van der Waals surface area (Å²) in [6.45, 7) is 10.6. The fourth-order valence-corrected chi connectivity index (χ4v) is 4.37. The minimum Gasteiger partial charge on any atom is -0.494 e. The Balaban J connectivity index is 1.71. The second-order valence-corrected chi connectivity index (χ2v) is 9.69. The molecule has 154 valence electrons. The lowest BCUT2D eigenvalue weighted by molar-refractivity contribution is 0.281. The van der Waals surface area contributed by atoms with E-state index in [9.17, 15) is 0 Å². The lowest BCUT2D eigenvalue weighted by atomic mass is 10.1. The van der Waals surface area contributed by atoms with Gasteiger partial charge in [0.1, 0.15) is 11.5 Å². The quantitative estimate of drug-likeness (QED) is 0.306. The van der Waals surface area contributed by atoms with Crippen LogP contribution in [0.3, 0.4) is 0 Å². The van der Waals surface area contributed by atoms with Crippen molar-refractivity contribution < 1.29 is 9.47 Å². The summed E-state index contributed by atoms with van der Waals surface area (Å²) in [6, 6.07) is 16.8. The molecule has 0 aliphatic rings. The van der Waals surface area contributed by atoms with Gasteiger partial charge in [-0.3, -0.25) is 0 Å². The standard InChI is InChI=1S/C24H34O2S2/c1-5-19(3)15-17-25-21-7-11-23(12-8-21)27-28-24-13-9-22(10-14-24)26-18-16-20(4)6-2/h7-14,19-20H,5-6,15-18H2,1-4H3. The van der Waals surface area contributed by atoms with Crippen LogP contribution in [0.1, 0.15) is 53.4 Å². The van der Waals surface area contributed by atoms with Crippen molar-refractivity contribution in [2.75, 3.05) is 13.2 Å². The van der Waals surface area contributed by atoms with Crippen molar-refractivity contribution in [3.63, 3.8) is 0 Å². The van der Waals surface area contributed by atoms with Gasteiger partial charge in [0.05, 0.1) is 13.2 Å². The number of hydrogen-bond acceptors (Lipinski definition) is 4. The number of ether oxygens (including phenoxy) is 2. The van der Waals surface area contributed by atoms with Crippen LogP contribution in [0.5, 0.6) is 11.5 Å². The summed E-state index contributed by atoms with van der Waals surface area (Å²) < 4.78 is 11.7. The van der Waals surface area contributed by atoms with Gasteiger partial charge in [0.2, 0.25) is 0 Å². The minimum absolute atomic E-state index is 0.725. The molecule has 0 fully saturated rings. The Labute approximate surface area is 179 Å². The molecule has 0 aliphatic heterocycles. The van der Waals surface area contributed by atoms with E-state index in [0.717, 1.165) is 49.4 Å². The highest BCUT2D eigenvalue weighted by molar-refractivity contribution is 8.76. The summed E-state index contributed by atoms with van der Waals surface area (Å²) in [7, 11) is 3.53. The van der Waals surface area contributed by atoms with Crippen LogP contribution in [-0.2, 0) is 0 Å². The fourth-order valence-electron chi connectivity index (χ4n) is 2.44. The van der Waals surface area contributed by atoms with Crippen LogP contribution in [0.15, 0.2) is 58.3 Å². The zero-order valence-corrected chi connectivity index (χ0v) is 19.3. The van der Waals surface area contributed by atoms with E-state index in [4.69, 9.17) is 9.47 Å². The maximum atomic E-state index is 5.83. The SMILES string of the molecule is CCC(C)CCOc1ccc(SSc2ccc(OCCC(C)CC)cc2)cc1. The van der Waals surface area contributed by atoms with Crippen LogP contribution >= 0.6 is 21.6 Å². The van der Waals surface area contributed by atoms with Crippen molar-refractivity contribution in [3.8, 4) is 11.5 Å². The highest BCUT2D eigenvalue weighted by atomic mass is 33.1. The van der Waals surface area contributed by atoms with Gasteiger partial charge in [-0.1, -0.05) is 62.1 Å². The second kappa shape index (κ2) is 13.1. The van der Waals surface area contributed by atoms with Gasteiger partial charge in [0, 0.05) is 9.79 Å². The van der Waals surface area contributed by atoms with Crippen LogP contribution in [0.25, 0.3) is 0 Å². The van der Waals surface area contributed by atoms with Gasteiger partial charge in [-0.25, -0.2) is 0 Å². The highest BCUT2D eigenvalue weighted by Crippen LogP contribution is 2.38. The average molecular weight is 419 g/mol. The second-order valence-electron chi connectivity index (χ2n) is 7.41. The van der Waals surface area contributed by atoms with Crippen molar-refractivity contribution in [2.45, 2.75) is 63.2 Å². The van der Waals surface area contributed by atoms with Gasteiger partial charge in [-0.05, 0) is 73.2 Å². The Kier molecular flexibility index (Phi) is 10.7. The molecule has 0 saturated heterocycles.